The summed E-state index contributed by atoms with van der Waals surface area (Å²) in [4.78, 5) is 20.2. The largest absolute Gasteiger partial charge is 0.369 e. The summed E-state index contributed by atoms with van der Waals surface area (Å²) in [5, 5.41) is 4.15. The van der Waals surface area contributed by atoms with Crippen LogP contribution in [0.4, 0.5) is 31.2 Å². The Balaban J connectivity index is 1.29. The summed E-state index contributed by atoms with van der Waals surface area (Å²) in [6.07, 6.45) is 3.01. The summed E-state index contributed by atoms with van der Waals surface area (Å²) in [6, 6.07) is 8.19. The molecule has 0 spiro atoms. The molecule has 7 nitrogen and oxygen atoms in total. The highest BCUT2D eigenvalue weighted by Gasteiger charge is 2.39. The van der Waals surface area contributed by atoms with Crippen LogP contribution in [-0.4, -0.2) is 72.1 Å². The first-order valence-corrected chi connectivity index (χ1v) is 12.0. The molecule has 3 aromatic rings. The lowest BCUT2D eigenvalue weighted by molar-refractivity contribution is 0.0257. The number of thiazole rings is 1. The molecule has 0 amide bonds. The number of alkyl halides is 2. The van der Waals surface area contributed by atoms with Crippen LogP contribution in [0, 0.1) is 0 Å². The number of anilines is 4. The zero-order valence-corrected chi connectivity index (χ0v) is 19.7. The summed E-state index contributed by atoms with van der Waals surface area (Å²) in [5.74, 6) is -2.26. The molecule has 2 aliphatic rings. The van der Waals surface area contributed by atoms with Crippen molar-refractivity contribution in [3.8, 4) is 10.6 Å². The lowest BCUT2D eigenvalue weighted by Gasteiger charge is -2.34. The molecule has 0 atom stereocenters. The van der Waals surface area contributed by atoms with E-state index in [4.69, 9.17) is 11.6 Å². The summed E-state index contributed by atoms with van der Waals surface area (Å²) in [5.41, 5.74) is 2.58. The molecule has 2 aliphatic heterocycles. The number of likely N-dealkylation sites (N-methyl/N-ethyl adjacent to an activating group) is 1. The van der Waals surface area contributed by atoms with Gasteiger partial charge in [0.25, 0.3) is 5.92 Å². The molecule has 174 valence electrons. The number of hydrogen-bond donors (Lipinski definition) is 1. The van der Waals surface area contributed by atoms with Crippen molar-refractivity contribution in [2.45, 2.75) is 12.3 Å². The van der Waals surface area contributed by atoms with Crippen LogP contribution in [-0.2, 0) is 0 Å². The Morgan fingerprint density at radius 3 is 2.45 bits per heavy atom. The highest BCUT2D eigenvalue weighted by molar-refractivity contribution is 7.18. The predicted octanol–water partition coefficient (Wildman–Crippen LogP) is 4.59. The lowest BCUT2D eigenvalue weighted by Crippen LogP contribution is -2.44. The van der Waals surface area contributed by atoms with Gasteiger partial charge in [-0.15, -0.1) is 0 Å². The van der Waals surface area contributed by atoms with E-state index >= 15 is 0 Å². The maximum Gasteiger partial charge on any atom is 0.267 e. The molecule has 4 heterocycles. The lowest BCUT2D eigenvalue weighted by atomic mass is 10.2. The first-order chi connectivity index (χ1) is 15.9. The average molecular weight is 492 g/mol. The van der Waals surface area contributed by atoms with Gasteiger partial charge in [0.1, 0.15) is 5.69 Å². The number of rotatable bonds is 5. The van der Waals surface area contributed by atoms with Crippen molar-refractivity contribution >= 4 is 45.4 Å². The fraction of sp³-hybridized carbons (Fsp3) is 0.409. The average Bonchev–Trinajstić information content (AvgIpc) is 3.43. The second kappa shape index (κ2) is 9.00. The molecule has 0 bridgehead atoms. The van der Waals surface area contributed by atoms with Gasteiger partial charge in [-0.05, 0) is 31.3 Å². The van der Waals surface area contributed by atoms with Crippen LogP contribution in [0.1, 0.15) is 6.42 Å². The SMILES string of the molecule is CN1CCN(c2ccc(Nc3ncc(Cl)c(-c4cnc(N5CCC(F)(F)C5)s4)n3)cc2)CC1. The number of piperazine rings is 1. The van der Waals surface area contributed by atoms with Crippen LogP contribution in [0.5, 0.6) is 0 Å². The van der Waals surface area contributed by atoms with Gasteiger partial charge in [0.2, 0.25) is 5.95 Å². The molecule has 0 aliphatic carbocycles. The maximum absolute atomic E-state index is 13.6. The van der Waals surface area contributed by atoms with Gasteiger partial charge >= 0.3 is 0 Å². The number of halogens is 3. The van der Waals surface area contributed by atoms with Crippen molar-refractivity contribution in [1.29, 1.82) is 0 Å². The monoisotopic (exact) mass is 491 g/mol. The third-order valence-electron chi connectivity index (χ3n) is 5.90. The van der Waals surface area contributed by atoms with Gasteiger partial charge in [0.15, 0.2) is 5.13 Å². The maximum atomic E-state index is 13.6. The van der Waals surface area contributed by atoms with Crippen LogP contribution < -0.4 is 15.1 Å². The van der Waals surface area contributed by atoms with E-state index in [1.54, 1.807) is 11.1 Å². The molecule has 0 unspecified atom stereocenters. The second-order valence-corrected chi connectivity index (χ2v) is 9.80. The van der Waals surface area contributed by atoms with Crippen LogP contribution in [0.2, 0.25) is 5.02 Å². The first-order valence-electron chi connectivity index (χ1n) is 10.8. The van der Waals surface area contributed by atoms with Gasteiger partial charge in [-0.25, -0.2) is 23.7 Å². The number of aromatic nitrogens is 3. The van der Waals surface area contributed by atoms with Crippen molar-refractivity contribution in [3.63, 3.8) is 0 Å². The minimum Gasteiger partial charge on any atom is -0.369 e. The minimum atomic E-state index is -2.67. The third-order valence-corrected chi connectivity index (χ3v) is 7.24. The van der Waals surface area contributed by atoms with Gasteiger partial charge < -0.3 is 20.0 Å². The fourth-order valence-corrected chi connectivity index (χ4v) is 5.16. The van der Waals surface area contributed by atoms with Crippen LogP contribution in [0.25, 0.3) is 10.6 Å². The molecule has 2 aromatic heterocycles. The van der Waals surface area contributed by atoms with Gasteiger partial charge in [-0.3, -0.25) is 0 Å². The Morgan fingerprint density at radius 1 is 1.00 bits per heavy atom. The Labute approximate surface area is 200 Å². The van der Waals surface area contributed by atoms with Crippen LogP contribution >= 0.6 is 22.9 Å². The van der Waals surface area contributed by atoms with E-state index in [-0.39, 0.29) is 19.5 Å². The molecule has 11 heteroatoms. The van der Waals surface area contributed by atoms with E-state index in [2.05, 4.69) is 49.2 Å². The highest BCUT2D eigenvalue weighted by atomic mass is 35.5. The van der Waals surface area contributed by atoms with E-state index in [0.29, 0.717) is 26.7 Å². The van der Waals surface area contributed by atoms with E-state index in [0.717, 1.165) is 31.9 Å². The zero-order chi connectivity index (χ0) is 23.0. The minimum absolute atomic E-state index is 0.155. The summed E-state index contributed by atoms with van der Waals surface area (Å²) in [6.45, 7) is 4.11. The smallest absolute Gasteiger partial charge is 0.267 e. The topological polar surface area (TPSA) is 60.4 Å². The van der Waals surface area contributed by atoms with Crippen molar-refractivity contribution in [1.82, 2.24) is 19.9 Å². The molecular weight excluding hydrogens is 468 g/mol. The fourth-order valence-electron chi connectivity index (χ4n) is 3.97. The molecule has 1 aromatic carbocycles. The molecule has 5 rings (SSSR count). The quantitative estimate of drug-likeness (QED) is 0.560. The van der Waals surface area contributed by atoms with Crippen molar-refractivity contribution < 1.29 is 8.78 Å². The molecule has 1 N–H and O–H groups in total. The van der Waals surface area contributed by atoms with E-state index < -0.39 is 5.92 Å². The molecular formula is C22H24ClF2N7S. The number of nitrogens with zero attached hydrogens (tertiary/aromatic N) is 6. The van der Waals surface area contributed by atoms with Gasteiger partial charge in [-0.1, -0.05) is 22.9 Å². The number of hydrogen-bond acceptors (Lipinski definition) is 8. The highest BCUT2D eigenvalue weighted by Crippen LogP contribution is 2.38. The van der Waals surface area contributed by atoms with Crippen molar-refractivity contribution in [2.24, 2.45) is 0 Å². The van der Waals surface area contributed by atoms with Crippen molar-refractivity contribution in [2.75, 3.05) is 61.4 Å². The molecule has 0 radical (unpaired) electrons. The van der Waals surface area contributed by atoms with E-state index in [9.17, 15) is 8.78 Å². The zero-order valence-electron chi connectivity index (χ0n) is 18.1. The van der Waals surface area contributed by atoms with Gasteiger partial charge in [-0.2, -0.15) is 0 Å². The Hall–Kier alpha value is -2.56. The van der Waals surface area contributed by atoms with E-state index in [1.807, 2.05) is 12.1 Å². The molecule has 2 fully saturated rings. The molecule has 2 saturated heterocycles. The summed E-state index contributed by atoms with van der Waals surface area (Å²) >= 11 is 7.65. The normalized spacial score (nSPS) is 18.7. The van der Waals surface area contributed by atoms with E-state index in [1.165, 1.54) is 23.2 Å². The number of nitrogens with one attached hydrogen (secondary N) is 1. The predicted molar refractivity (Wildman–Crippen MR) is 129 cm³/mol. The Bertz CT molecular complexity index is 1120. The van der Waals surface area contributed by atoms with Gasteiger partial charge in [0, 0.05) is 56.7 Å². The summed E-state index contributed by atoms with van der Waals surface area (Å²) in [7, 11) is 2.14. The van der Waals surface area contributed by atoms with Crippen LogP contribution in [0.3, 0.4) is 0 Å². The Morgan fingerprint density at radius 2 is 1.76 bits per heavy atom. The second-order valence-electron chi connectivity index (χ2n) is 8.39. The first kappa shape index (κ1) is 22.2. The molecule has 33 heavy (non-hydrogen) atoms. The van der Waals surface area contributed by atoms with Gasteiger partial charge in [0.05, 0.1) is 22.6 Å². The summed E-state index contributed by atoms with van der Waals surface area (Å²) < 4.78 is 27.1. The standard InChI is InChI=1S/C22H24ClF2N7S/c1-30-8-10-31(11-9-30)16-4-2-15(3-5-16)28-20-26-12-17(23)19(29-20)18-13-27-21(33-18)32-7-6-22(24,25)14-32/h2-5,12-13H,6-11,14H2,1H3,(H,26,28,29). The molecule has 0 saturated carbocycles. The Kier molecular flexibility index (Phi) is 6.07. The van der Waals surface area contributed by atoms with Crippen LogP contribution in [0.15, 0.2) is 36.7 Å². The van der Waals surface area contributed by atoms with Crippen molar-refractivity contribution in [3.05, 3.63) is 41.7 Å². The third kappa shape index (κ3) is 5.02. The number of benzene rings is 1.